The Bertz CT molecular complexity index is 1200. The topological polar surface area (TPSA) is 109 Å². The summed E-state index contributed by atoms with van der Waals surface area (Å²) >= 11 is 6.42. The monoisotopic (exact) mass is 490 g/mol. The molecule has 2 atom stereocenters. The molecule has 9 nitrogen and oxygen atoms in total. The number of rotatable bonds is 6. The van der Waals surface area contributed by atoms with E-state index in [0.29, 0.717) is 65.9 Å². The van der Waals surface area contributed by atoms with E-state index in [1.807, 2.05) is 24.5 Å². The summed E-state index contributed by atoms with van der Waals surface area (Å²) in [4.78, 5) is 15.4. The number of aromatic nitrogens is 4. The first-order valence-electron chi connectivity index (χ1n) is 11.5. The highest BCUT2D eigenvalue weighted by Gasteiger charge is 2.28. The zero-order valence-electron chi connectivity index (χ0n) is 19.1. The predicted octanol–water partition coefficient (Wildman–Crippen LogP) is 2.60. The van der Waals surface area contributed by atoms with Gasteiger partial charge in [0, 0.05) is 31.3 Å². The Hall–Kier alpha value is -2.37. The van der Waals surface area contributed by atoms with Gasteiger partial charge < -0.3 is 24.8 Å². The van der Waals surface area contributed by atoms with Gasteiger partial charge in [0.25, 0.3) is 0 Å². The molecule has 3 aromatic rings. The lowest BCUT2D eigenvalue weighted by Gasteiger charge is -2.35. The van der Waals surface area contributed by atoms with Gasteiger partial charge in [-0.2, -0.15) is 0 Å². The quantitative estimate of drug-likeness (QED) is 0.484. The molecule has 0 unspecified atom stereocenters. The van der Waals surface area contributed by atoms with Crippen molar-refractivity contribution in [2.24, 2.45) is 0 Å². The Morgan fingerprint density at radius 2 is 2.06 bits per heavy atom. The molecule has 5 rings (SSSR count). The van der Waals surface area contributed by atoms with Crippen molar-refractivity contribution in [3.8, 4) is 11.3 Å². The van der Waals surface area contributed by atoms with Crippen LogP contribution in [-0.2, 0) is 11.3 Å². The zero-order chi connectivity index (χ0) is 24.0. The van der Waals surface area contributed by atoms with Gasteiger partial charge in [-0.25, -0.2) is 19.3 Å². The van der Waals surface area contributed by atoms with E-state index in [4.69, 9.17) is 16.3 Å². The van der Waals surface area contributed by atoms with Crippen molar-refractivity contribution in [1.29, 1.82) is 0 Å². The lowest BCUT2D eigenvalue weighted by molar-refractivity contribution is -0.0136. The van der Waals surface area contributed by atoms with E-state index in [2.05, 4.69) is 25.2 Å². The molecule has 2 fully saturated rings. The average molecular weight is 491 g/mol. The molecule has 0 amide bonds. The highest BCUT2D eigenvalue weighted by Crippen LogP contribution is 2.33. The molecule has 2 saturated heterocycles. The standard InChI is InChI=1S/C23H28ClFN6O3/c1-12(2)31-18-6-13(5-16(25)22(18)28-20(31)10-30-8-14(32)9-30)21-15(24)7-26-23(29-21)27-17-3-4-34-11-19(17)33/h5-7,12,14,17,19,32-33H,3-4,8-11H2,1-2H3,(H,26,27,29)/t17-,19-/m1/s1. The summed E-state index contributed by atoms with van der Waals surface area (Å²) in [6.07, 6.45) is 1.11. The molecule has 34 heavy (non-hydrogen) atoms. The van der Waals surface area contributed by atoms with Gasteiger partial charge in [0.2, 0.25) is 5.95 Å². The van der Waals surface area contributed by atoms with Gasteiger partial charge in [0.15, 0.2) is 5.82 Å². The number of fused-ring (bicyclic) bond motifs is 1. The number of anilines is 1. The summed E-state index contributed by atoms with van der Waals surface area (Å²) in [7, 11) is 0. The fourth-order valence-electron chi connectivity index (χ4n) is 4.59. The minimum absolute atomic E-state index is 0.0500. The SMILES string of the molecule is CC(C)n1c(CN2CC(O)C2)nc2c(F)cc(-c3nc(N[C@@H]4CCOC[C@H]4O)ncc3Cl)cc21. The number of hydrogen-bond acceptors (Lipinski definition) is 8. The Kier molecular flexibility index (Phi) is 6.43. The van der Waals surface area contributed by atoms with Crippen molar-refractivity contribution >= 4 is 28.6 Å². The van der Waals surface area contributed by atoms with Crippen molar-refractivity contribution in [1.82, 2.24) is 24.4 Å². The first-order chi connectivity index (χ1) is 16.3. The number of likely N-dealkylation sites (tertiary alicyclic amines) is 1. The van der Waals surface area contributed by atoms with E-state index in [9.17, 15) is 10.2 Å². The second kappa shape index (κ2) is 9.35. The van der Waals surface area contributed by atoms with Crippen molar-refractivity contribution in [3.63, 3.8) is 0 Å². The van der Waals surface area contributed by atoms with Gasteiger partial charge in [-0.05, 0) is 32.4 Å². The number of nitrogens with zero attached hydrogens (tertiary/aromatic N) is 5. The summed E-state index contributed by atoms with van der Waals surface area (Å²) in [6, 6.07) is 3.04. The number of aliphatic hydroxyl groups excluding tert-OH is 2. The van der Waals surface area contributed by atoms with Crippen LogP contribution in [0.3, 0.4) is 0 Å². The Balaban J connectivity index is 1.51. The summed E-state index contributed by atoms with van der Waals surface area (Å²) in [5.41, 5.74) is 1.86. The lowest BCUT2D eigenvalue weighted by atomic mass is 10.1. The number of aliphatic hydroxyl groups is 2. The summed E-state index contributed by atoms with van der Waals surface area (Å²) in [6.45, 7) is 6.55. The summed E-state index contributed by atoms with van der Waals surface area (Å²) < 4.78 is 22.5. The van der Waals surface area contributed by atoms with Crippen LogP contribution in [0.5, 0.6) is 0 Å². The van der Waals surface area contributed by atoms with Gasteiger partial charge in [0.1, 0.15) is 11.3 Å². The zero-order valence-corrected chi connectivity index (χ0v) is 19.8. The number of hydrogen-bond donors (Lipinski definition) is 3. The van der Waals surface area contributed by atoms with Crippen molar-refractivity contribution in [3.05, 3.63) is 35.0 Å². The van der Waals surface area contributed by atoms with Crippen LogP contribution in [-0.4, -0.2) is 79.2 Å². The molecule has 0 radical (unpaired) electrons. The summed E-state index contributed by atoms with van der Waals surface area (Å²) in [5.74, 6) is 0.596. The van der Waals surface area contributed by atoms with E-state index in [1.165, 1.54) is 12.3 Å². The highest BCUT2D eigenvalue weighted by atomic mass is 35.5. The van der Waals surface area contributed by atoms with Crippen LogP contribution in [0.4, 0.5) is 10.3 Å². The minimum Gasteiger partial charge on any atom is -0.390 e. The number of imidazole rings is 1. The third-order valence-corrected chi connectivity index (χ3v) is 6.58. The number of benzene rings is 1. The van der Waals surface area contributed by atoms with Crippen molar-refractivity contribution in [2.75, 3.05) is 31.6 Å². The third-order valence-electron chi connectivity index (χ3n) is 6.30. The predicted molar refractivity (Wildman–Crippen MR) is 126 cm³/mol. The van der Waals surface area contributed by atoms with E-state index in [1.54, 1.807) is 0 Å². The molecule has 3 N–H and O–H groups in total. The van der Waals surface area contributed by atoms with Gasteiger partial charge in [0.05, 0.1) is 53.8 Å². The van der Waals surface area contributed by atoms with E-state index >= 15 is 4.39 Å². The maximum absolute atomic E-state index is 15.3. The van der Waals surface area contributed by atoms with E-state index in [-0.39, 0.29) is 24.8 Å². The van der Waals surface area contributed by atoms with Gasteiger partial charge in [-0.1, -0.05) is 11.6 Å². The van der Waals surface area contributed by atoms with Crippen LogP contribution >= 0.6 is 11.6 Å². The number of β-amino-alcohol motifs (C(OH)–C–C–N with tert-alkyl or cyclic N) is 1. The Morgan fingerprint density at radius 1 is 1.26 bits per heavy atom. The maximum Gasteiger partial charge on any atom is 0.223 e. The molecule has 2 aliphatic heterocycles. The molecule has 2 aliphatic rings. The fraction of sp³-hybridized carbons (Fsp3) is 0.522. The average Bonchev–Trinajstić information content (AvgIpc) is 3.14. The van der Waals surface area contributed by atoms with Gasteiger partial charge >= 0.3 is 0 Å². The molecule has 0 spiro atoms. The third kappa shape index (κ3) is 4.48. The summed E-state index contributed by atoms with van der Waals surface area (Å²) in [5, 5.41) is 23.2. The molecule has 0 aliphatic carbocycles. The van der Waals surface area contributed by atoms with Crippen LogP contribution in [0.15, 0.2) is 18.3 Å². The molecule has 2 aromatic heterocycles. The molecule has 4 heterocycles. The smallest absolute Gasteiger partial charge is 0.223 e. The molecular formula is C23H28ClFN6O3. The molecule has 1 aromatic carbocycles. The normalized spacial score (nSPS) is 21.9. The first-order valence-corrected chi connectivity index (χ1v) is 11.8. The van der Waals surface area contributed by atoms with Crippen molar-refractivity contribution < 1.29 is 19.3 Å². The van der Waals surface area contributed by atoms with Crippen molar-refractivity contribution in [2.45, 2.75) is 51.1 Å². The van der Waals surface area contributed by atoms with Crippen LogP contribution < -0.4 is 5.32 Å². The number of ether oxygens (including phenoxy) is 1. The second-order valence-electron chi connectivity index (χ2n) is 9.24. The van der Waals surface area contributed by atoms with Crippen LogP contribution in [0.2, 0.25) is 5.02 Å². The Morgan fingerprint density at radius 3 is 2.76 bits per heavy atom. The van der Waals surface area contributed by atoms with E-state index < -0.39 is 11.9 Å². The fourth-order valence-corrected chi connectivity index (χ4v) is 4.79. The largest absolute Gasteiger partial charge is 0.390 e. The van der Waals surface area contributed by atoms with Crippen LogP contribution in [0.25, 0.3) is 22.3 Å². The molecular weight excluding hydrogens is 463 g/mol. The molecule has 0 saturated carbocycles. The molecule has 11 heteroatoms. The number of halogens is 2. The first kappa shape index (κ1) is 23.4. The minimum atomic E-state index is -0.670. The molecule has 0 bridgehead atoms. The highest BCUT2D eigenvalue weighted by molar-refractivity contribution is 6.33. The van der Waals surface area contributed by atoms with E-state index in [0.717, 1.165) is 5.82 Å². The van der Waals surface area contributed by atoms with Gasteiger partial charge in [-0.3, -0.25) is 4.90 Å². The number of nitrogens with one attached hydrogen (secondary N) is 1. The van der Waals surface area contributed by atoms with Crippen LogP contribution in [0.1, 0.15) is 32.1 Å². The van der Waals surface area contributed by atoms with Gasteiger partial charge in [-0.15, -0.1) is 0 Å². The van der Waals surface area contributed by atoms with Crippen LogP contribution in [0, 0.1) is 5.82 Å². The second-order valence-corrected chi connectivity index (χ2v) is 9.64. The Labute approximate surface area is 201 Å². The maximum atomic E-state index is 15.3. The lowest BCUT2D eigenvalue weighted by Crippen LogP contribution is -2.50. The molecule has 182 valence electrons.